The smallest absolute Gasteiger partial charge is 0.159 e. The summed E-state index contributed by atoms with van der Waals surface area (Å²) in [5.74, 6) is 0.0609. The Bertz CT molecular complexity index is 353. The van der Waals surface area contributed by atoms with E-state index in [2.05, 4.69) is 0 Å². The van der Waals surface area contributed by atoms with Crippen molar-refractivity contribution >= 4 is 17.5 Å². The highest BCUT2D eigenvalue weighted by Crippen LogP contribution is 2.16. The van der Waals surface area contributed by atoms with Crippen LogP contribution in [0.1, 0.15) is 29.8 Å². The molecule has 2 N–H and O–H groups in total. The number of carbonyl (C=O) groups excluding carboxylic acids is 1. The zero-order valence-electron chi connectivity index (χ0n) is 7.87. The summed E-state index contributed by atoms with van der Waals surface area (Å²) < 4.78 is 0. The fraction of sp³-hybridized carbons (Fsp3) is 0.182. The summed E-state index contributed by atoms with van der Waals surface area (Å²) in [4.78, 5) is 11.0. The van der Waals surface area contributed by atoms with Crippen LogP contribution < -0.4 is 5.73 Å². The SMILES string of the molecule is C/C=C/c1cc(C(C)=O)ccc1N. The minimum absolute atomic E-state index is 0.0609. The first-order chi connectivity index (χ1) is 6.15. The molecule has 0 radical (unpaired) electrons. The second kappa shape index (κ2) is 3.90. The Morgan fingerprint density at radius 2 is 2.15 bits per heavy atom. The number of anilines is 1. The number of nitrogens with two attached hydrogens (primary N) is 1. The van der Waals surface area contributed by atoms with Crippen molar-refractivity contribution in [1.82, 2.24) is 0 Å². The monoisotopic (exact) mass is 175 g/mol. The molecule has 0 spiro atoms. The molecule has 0 aliphatic rings. The Balaban J connectivity index is 3.18. The molecule has 0 fully saturated rings. The first-order valence-corrected chi connectivity index (χ1v) is 4.18. The number of nitrogen functional groups attached to an aromatic ring is 1. The zero-order chi connectivity index (χ0) is 9.84. The molecular weight excluding hydrogens is 162 g/mol. The van der Waals surface area contributed by atoms with Crippen LogP contribution >= 0.6 is 0 Å². The molecule has 0 heterocycles. The van der Waals surface area contributed by atoms with Crippen LogP contribution in [0.15, 0.2) is 24.3 Å². The van der Waals surface area contributed by atoms with E-state index in [1.807, 2.05) is 19.1 Å². The Morgan fingerprint density at radius 3 is 2.69 bits per heavy atom. The van der Waals surface area contributed by atoms with Gasteiger partial charge in [0.15, 0.2) is 5.78 Å². The maximum atomic E-state index is 11.0. The lowest BCUT2D eigenvalue weighted by atomic mass is 10.1. The fourth-order valence-electron chi connectivity index (χ4n) is 1.12. The summed E-state index contributed by atoms with van der Waals surface area (Å²) in [5.41, 5.74) is 8.01. The molecule has 0 aliphatic heterocycles. The largest absolute Gasteiger partial charge is 0.398 e. The molecule has 2 heteroatoms. The molecule has 1 aromatic rings. The first kappa shape index (κ1) is 9.52. The van der Waals surface area contributed by atoms with E-state index in [1.165, 1.54) is 0 Å². The molecule has 0 saturated carbocycles. The number of allylic oxidation sites excluding steroid dienone is 1. The fourth-order valence-corrected chi connectivity index (χ4v) is 1.12. The summed E-state index contributed by atoms with van der Waals surface area (Å²) >= 11 is 0. The Hall–Kier alpha value is -1.57. The molecule has 0 saturated heterocycles. The summed E-state index contributed by atoms with van der Waals surface area (Å²) in [6, 6.07) is 5.30. The third kappa shape index (κ3) is 2.18. The Morgan fingerprint density at radius 1 is 1.46 bits per heavy atom. The predicted molar refractivity (Wildman–Crippen MR) is 55.6 cm³/mol. The molecule has 2 nitrogen and oxygen atoms in total. The number of ketones is 1. The summed E-state index contributed by atoms with van der Waals surface area (Å²) in [5, 5.41) is 0. The van der Waals surface area contributed by atoms with Crippen molar-refractivity contribution < 1.29 is 4.79 Å². The topological polar surface area (TPSA) is 43.1 Å². The molecule has 0 unspecified atom stereocenters. The minimum atomic E-state index is 0.0609. The van der Waals surface area contributed by atoms with Gasteiger partial charge in [-0.1, -0.05) is 12.2 Å². The van der Waals surface area contributed by atoms with Gasteiger partial charge in [-0.25, -0.2) is 0 Å². The molecule has 68 valence electrons. The van der Waals surface area contributed by atoms with Gasteiger partial charge in [-0.05, 0) is 37.6 Å². The van der Waals surface area contributed by atoms with E-state index in [0.717, 1.165) is 5.56 Å². The molecule has 0 atom stereocenters. The number of hydrogen-bond acceptors (Lipinski definition) is 2. The van der Waals surface area contributed by atoms with Gasteiger partial charge < -0.3 is 5.73 Å². The predicted octanol–water partition coefficient (Wildman–Crippen LogP) is 2.50. The highest BCUT2D eigenvalue weighted by molar-refractivity contribution is 5.95. The number of rotatable bonds is 2. The van der Waals surface area contributed by atoms with Crippen LogP contribution in [0, 0.1) is 0 Å². The van der Waals surface area contributed by atoms with Crippen LogP contribution in [0.4, 0.5) is 5.69 Å². The van der Waals surface area contributed by atoms with Crippen molar-refractivity contribution in [2.45, 2.75) is 13.8 Å². The van der Waals surface area contributed by atoms with Crippen LogP contribution in [0.2, 0.25) is 0 Å². The Kier molecular flexibility index (Phi) is 2.85. The van der Waals surface area contributed by atoms with Gasteiger partial charge in [-0.15, -0.1) is 0 Å². The lowest BCUT2D eigenvalue weighted by molar-refractivity contribution is 0.101. The van der Waals surface area contributed by atoms with Gasteiger partial charge >= 0.3 is 0 Å². The molecule has 13 heavy (non-hydrogen) atoms. The van der Waals surface area contributed by atoms with E-state index in [4.69, 9.17) is 5.73 Å². The van der Waals surface area contributed by atoms with Crippen molar-refractivity contribution in [3.63, 3.8) is 0 Å². The molecule has 0 amide bonds. The van der Waals surface area contributed by atoms with Gasteiger partial charge in [0.25, 0.3) is 0 Å². The number of Topliss-reactive ketones (excluding diaryl/α,β-unsaturated/α-hetero) is 1. The van der Waals surface area contributed by atoms with E-state index >= 15 is 0 Å². The zero-order valence-corrected chi connectivity index (χ0v) is 7.87. The highest BCUT2D eigenvalue weighted by atomic mass is 16.1. The third-order valence-corrected chi connectivity index (χ3v) is 1.84. The van der Waals surface area contributed by atoms with Gasteiger partial charge in [0.1, 0.15) is 0 Å². The van der Waals surface area contributed by atoms with Gasteiger partial charge in [0.05, 0.1) is 0 Å². The van der Waals surface area contributed by atoms with Crippen LogP contribution in [0.3, 0.4) is 0 Å². The van der Waals surface area contributed by atoms with E-state index in [-0.39, 0.29) is 5.78 Å². The average molecular weight is 175 g/mol. The maximum Gasteiger partial charge on any atom is 0.159 e. The lowest BCUT2D eigenvalue weighted by Gasteiger charge is -2.02. The van der Waals surface area contributed by atoms with Gasteiger partial charge in [-0.3, -0.25) is 4.79 Å². The maximum absolute atomic E-state index is 11.0. The van der Waals surface area contributed by atoms with Gasteiger partial charge in [0, 0.05) is 11.3 Å². The summed E-state index contributed by atoms with van der Waals surface area (Å²) in [7, 11) is 0. The number of benzene rings is 1. The van der Waals surface area contributed by atoms with Crippen LogP contribution in [-0.2, 0) is 0 Å². The van der Waals surface area contributed by atoms with Crippen LogP contribution in [0.25, 0.3) is 6.08 Å². The van der Waals surface area contributed by atoms with Crippen molar-refractivity contribution in [1.29, 1.82) is 0 Å². The second-order valence-corrected chi connectivity index (χ2v) is 2.90. The van der Waals surface area contributed by atoms with Crippen molar-refractivity contribution in [2.24, 2.45) is 0 Å². The standard InChI is InChI=1S/C11H13NO/c1-3-4-10-7-9(8(2)13)5-6-11(10)12/h3-7H,12H2,1-2H3/b4-3+. The Labute approximate surface area is 78.1 Å². The highest BCUT2D eigenvalue weighted by Gasteiger charge is 2.01. The van der Waals surface area contributed by atoms with Gasteiger partial charge in [-0.2, -0.15) is 0 Å². The third-order valence-electron chi connectivity index (χ3n) is 1.84. The van der Waals surface area contributed by atoms with E-state index in [0.29, 0.717) is 11.3 Å². The summed E-state index contributed by atoms with van der Waals surface area (Å²) in [6.07, 6.45) is 3.79. The summed E-state index contributed by atoms with van der Waals surface area (Å²) in [6.45, 7) is 3.46. The lowest BCUT2D eigenvalue weighted by Crippen LogP contribution is -1.95. The van der Waals surface area contributed by atoms with Crippen LogP contribution in [0.5, 0.6) is 0 Å². The molecule has 0 bridgehead atoms. The van der Waals surface area contributed by atoms with Gasteiger partial charge in [0.2, 0.25) is 0 Å². The molecule has 0 aliphatic carbocycles. The average Bonchev–Trinajstić information content (AvgIpc) is 2.08. The first-order valence-electron chi connectivity index (χ1n) is 4.18. The van der Waals surface area contributed by atoms with Crippen LogP contribution in [-0.4, -0.2) is 5.78 Å². The minimum Gasteiger partial charge on any atom is -0.398 e. The van der Waals surface area contributed by atoms with E-state index in [1.54, 1.807) is 25.1 Å². The number of carbonyl (C=O) groups is 1. The van der Waals surface area contributed by atoms with Crippen molar-refractivity contribution in [3.8, 4) is 0 Å². The molecule has 1 aromatic carbocycles. The molecular formula is C11H13NO. The van der Waals surface area contributed by atoms with Crippen molar-refractivity contribution in [3.05, 3.63) is 35.4 Å². The van der Waals surface area contributed by atoms with Crippen molar-refractivity contribution in [2.75, 3.05) is 5.73 Å². The molecule has 0 aromatic heterocycles. The second-order valence-electron chi connectivity index (χ2n) is 2.90. The van der Waals surface area contributed by atoms with E-state index in [9.17, 15) is 4.79 Å². The number of hydrogen-bond donors (Lipinski definition) is 1. The quantitative estimate of drug-likeness (QED) is 0.554. The normalized spacial score (nSPS) is 10.6. The van der Waals surface area contributed by atoms with E-state index < -0.39 is 0 Å². The molecule has 1 rings (SSSR count).